The van der Waals surface area contributed by atoms with Gasteiger partial charge in [-0.1, -0.05) is 43.4 Å². The summed E-state index contributed by atoms with van der Waals surface area (Å²) in [6.07, 6.45) is 0. The summed E-state index contributed by atoms with van der Waals surface area (Å²) in [6, 6.07) is 8.46. The van der Waals surface area contributed by atoms with Gasteiger partial charge in [-0.15, -0.1) is 10.2 Å². The van der Waals surface area contributed by atoms with Crippen LogP contribution in [0.1, 0.15) is 13.8 Å². The minimum atomic E-state index is -3.80. The Morgan fingerprint density at radius 3 is 2.48 bits per heavy atom. The second kappa shape index (κ2) is 6.19. The first-order valence-electron chi connectivity index (χ1n) is 6.11. The number of benzene rings is 1. The lowest BCUT2D eigenvalue weighted by molar-refractivity contribution is -0.118. The van der Waals surface area contributed by atoms with Crippen molar-refractivity contribution in [2.45, 2.75) is 18.2 Å². The number of aromatic nitrogens is 2. The third-order valence-corrected chi connectivity index (χ3v) is 5.00. The van der Waals surface area contributed by atoms with E-state index in [0.29, 0.717) is 5.69 Å². The molecule has 0 fully saturated rings. The Hall–Kier alpha value is -2.00. The van der Waals surface area contributed by atoms with E-state index in [4.69, 9.17) is 0 Å². The summed E-state index contributed by atoms with van der Waals surface area (Å²) in [5.74, 6) is -0.470. The number of amides is 1. The van der Waals surface area contributed by atoms with Gasteiger partial charge < -0.3 is 5.32 Å². The average molecular weight is 326 g/mol. The molecule has 112 valence electrons. The van der Waals surface area contributed by atoms with Gasteiger partial charge in [-0.3, -0.25) is 9.52 Å². The van der Waals surface area contributed by atoms with Gasteiger partial charge in [0.2, 0.25) is 11.0 Å². The number of hydrogen-bond acceptors (Lipinski definition) is 6. The Bertz CT molecular complexity index is 726. The van der Waals surface area contributed by atoms with Crippen LogP contribution >= 0.6 is 11.3 Å². The molecule has 1 aromatic heterocycles. The fourth-order valence-electron chi connectivity index (χ4n) is 1.32. The van der Waals surface area contributed by atoms with Crippen LogP contribution in [0.15, 0.2) is 34.7 Å². The first-order valence-corrected chi connectivity index (χ1v) is 8.40. The highest BCUT2D eigenvalue weighted by molar-refractivity contribution is 7.94. The summed E-state index contributed by atoms with van der Waals surface area (Å²) in [7, 11) is -3.80. The van der Waals surface area contributed by atoms with Gasteiger partial charge in [0.25, 0.3) is 14.4 Å². The molecule has 1 heterocycles. The topological polar surface area (TPSA) is 101 Å². The van der Waals surface area contributed by atoms with Crippen LogP contribution < -0.4 is 10.0 Å². The number of sulfonamides is 1. The Morgan fingerprint density at radius 2 is 1.86 bits per heavy atom. The molecular formula is C12H14N4O3S2. The number of carbonyl (C=O) groups excluding carboxylic acids is 1. The molecule has 0 bridgehead atoms. The number of nitrogens with one attached hydrogen (secondary N) is 2. The molecule has 0 spiro atoms. The molecule has 0 aliphatic carbocycles. The van der Waals surface area contributed by atoms with Crippen molar-refractivity contribution in [1.29, 1.82) is 0 Å². The first kappa shape index (κ1) is 15.4. The van der Waals surface area contributed by atoms with E-state index in [9.17, 15) is 13.2 Å². The highest BCUT2D eigenvalue weighted by atomic mass is 32.2. The molecule has 2 aromatic rings. The van der Waals surface area contributed by atoms with Gasteiger partial charge in [0.05, 0.1) is 0 Å². The van der Waals surface area contributed by atoms with Crippen LogP contribution in [0.4, 0.5) is 10.8 Å². The number of rotatable bonds is 5. The summed E-state index contributed by atoms with van der Waals surface area (Å²) in [5.41, 5.74) is 0.431. The monoisotopic (exact) mass is 326 g/mol. The maximum Gasteiger partial charge on any atom is 0.291 e. The van der Waals surface area contributed by atoms with Gasteiger partial charge in [-0.25, -0.2) is 0 Å². The van der Waals surface area contributed by atoms with Crippen molar-refractivity contribution < 1.29 is 13.2 Å². The quantitative estimate of drug-likeness (QED) is 0.818. The Labute approximate surface area is 126 Å². The van der Waals surface area contributed by atoms with Crippen molar-refractivity contribution in [2.24, 2.45) is 5.92 Å². The summed E-state index contributed by atoms with van der Waals surface area (Å²) >= 11 is 0.800. The van der Waals surface area contributed by atoms with Crippen molar-refractivity contribution >= 4 is 38.1 Å². The zero-order chi connectivity index (χ0) is 15.5. The lowest BCUT2D eigenvalue weighted by Gasteiger charge is -2.04. The van der Waals surface area contributed by atoms with E-state index in [1.807, 2.05) is 0 Å². The molecule has 0 aliphatic heterocycles. The normalized spacial score (nSPS) is 11.4. The van der Waals surface area contributed by atoms with E-state index in [1.54, 1.807) is 44.2 Å². The third-order valence-electron chi connectivity index (χ3n) is 2.42. The fourth-order valence-corrected chi connectivity index (χ4v) is 3.29. The van der Waals surface area contributed by atoms with Crippen molar-refractivity contribution in [3.8, 4) is 0 Å². The maximum absolute atomic E-state index is 12.1. The molecule has 0 unspecified atom stereocenters. The zero-order valence-electron chi connectivity index (χ0n) is 11.4. The minimum absolute atomic E-state index is 0.155. The molecule has 0 aliphatic rings. The smallest absolute Gasteiger partial charge is 0.291 e. The molecule has 0 saturated carbocycles. The van der Waals surface area contributed by atoms with E-state index < -0.39 is 10.0 Å². The zero-order valence-corrected chi connectivity index (χ0v) is 13.0. The number of anilines is 2. The fraction of sp³-hybridized carbons (Fsp3) is 0.250. The lowest BCUT2D eigenvalue weighted by Crippen LogP contribution is -2.17. The molecule has 21 heavy (non-hydrogen) atoms. The van der Waals surface area contributed by atoms with Gasteiger partial charge in [-0.05, 0) is 12.1 Å². The van der Waals surface area contributed by atoms with Gasteiger partial charge in [0, 0.05) is 11.6 Å². The minimum Gasteiger partial charge on any atom is -0.300 e. The average Bonchev–Trinajstić information content (AvgIpc) is 2.88. The Morgan fingerprint density at radius 1 is 1.19 bits per heavy atom. The molecule has 2 rings (SSSR count). The predicted octanol–water partition coefficient (Wildman–Crippen LogP) is 1.93. The van der Waals surface area contributed by atoms with Gasteiger partial charge >= 0.3 is 0 Å². The Kier molecular flexibility index (Phi) is 4.53. The van der Waals surface area contributed by atoms with Crippen LogP contribution in [0, 0.1) is 5.92 Å². The highest BCUT2D eigenvalue weighted by Crippen LogP contribution is 2.22. The van der Waals surface area contributed by atoms with Crippen molar-refractivity contribution in [2.75, 3.05) is 10.0 Å². The maximum atomic E-state index is 12.1. The number of nitrogens with zero attached hydrogens (tertiary/aromatic N) is 2. The highest BCUT2D eigenvalue weighted by Gasteiger charge is 2.21. The molecule has 0 radical (unpaired) electrons. The SMILES string of the molecule is CC(C)C(=O)Nc1nnc(S(=O)(=O)Nc2ccccc2)s1. The van der Waals surface area contributed by atoms with Crippen molar-refractivity contribution in [1.82, 2.24) is 10.2 Å². The van der Waals surface area contributed by atoms with E-state index in [0.717, 1.165) is 11.3 Å². The largest absolute Gasteiger partial charge is 0.300 e. The number of para-hydroxylation sites is 1. The van der Waals surface area contributed by atoms with Gasteiger partial charge in [0.15, 0.2) is 0 Å². The summed E-state index contributed by atoms with van der Waals surface area (Å²) < 4.78 is 26.4. The van der Waals surface area contributed by atoms with Crippen LogP contribution in [-0.4, -0.2) is 24.5 Å². The van der Waals surface area contributed by atoms with Crippen LogP contribution in [0.5, 0.6) is 0 Å². The molecule has 9 heteroatoms. The van der Waals surface area contributed by atoms with Crippen LogP contribution in [0.3, 0.4) is 0 Å². The van der Waals surface area contributed by atoms with Crippen molar-refractivity contribution in [3.63, 3.8) is 0 Å². The molecule has 1 amide bonds. The molecular weight excluding hydrogens is 312 g/mol. The number of carbonyl (C=O) groups is 1. The Balaban J connectivity index is 2.15. The third kappa shape index (κ3) is 3.99. The van der Waals surface area contributed by atoms with E-state index in [1.165, 1.54) is 0 Å². The second-order valence-corrected chi connectivity index (χ2v) is 7.32. The molecule has 0 saturated heterocycles. The standard InChI is InChI=1S/C12H14N4O3S2/c1-8(2)10(17)13-11-14-15-12(20-11)21(18,19)16-9-6-4-3-5-7-9/h3-8,16H,1-2H3,(H,13,14,17). The van der Waals surface area contributed by atoms with Gasteiger partial charge in [0.1, 0.15) is 0 Å². The molecule has 2 N–H and O–H groups in total. The molecule has 0 atom stereocenters. The molecule has 1 aromatic carbocycles. The summed E-state index contributed by atoms with van der Waals surface area (Å²) in [4.78, 5) is 11.5. The lowest BCUT2D eigenvalue weighted by atomic mass is 10.2. The summed E-state index contributed by atoms with van der Waals surface area (Å²) in [5, 5.41) is 9.93. The van der Waals surface area contributed by atoms with Crippen molar-refractivity contribution in [3.05, 3.63) is 30.3 Å². The number of hydrogen-bond donors (Lipinski definition) is 2. The van der Waals surface area contributed by atoms with Gasteiger partial charge in [-0.2, -0.15) is 8.42 Å². The van der Waals surface area contributed by atoms with Crippen LogP contribution in [-0.2, 0) is 14.8 Å². The predicted molar refractivity (Wildman–Crippen MR) is 80.6 cm³/mol. The molecule has 7 nitrogen and oxygen atoms in total. The van der Waals surface area contributed by atoms with E-state index in [-0.39, 0.29) is 21.3 Å². The first-order chi connectivity index (χ1) is 9.88. The second-order valence-electron chi connectivity index (χ2n) is 4.49. The van der Waals surface area contributed by atoms with E-state index in [2.05, 4.69) is 20.2 Å². The summed E-state index contributed by atoms with van der Waals surface area (Å²) in [6.45, 7) is 3.45. The van der Waals surface area contributed by atoms with Crippen LogP contribution in [0.25, 0.3) is 0 Å². The van der Waals surface area contributed by atoms with Crippen LogP contribution in [0.2, 0.25) is 0 Å². The van der Waals surface area contributed by atoms with E-state index >= 15 is 0 Å².